The maximum Gasteiger partial charge on any atom is 0.472 e. The first-order chi connectivity index (χ1) is 39.3. The number of phosphoric acid groups is 1. The van der Waals surface area contributed by atoms with Crippen molar-refractivity contribution < 1.29 is 75.9 Å². The first-order valence-electron chi connectivity index (χ1n) is 32.1. The maximum absolute atomic E-state index is 12.9. The summed E-state index contributed by atoms with van der Waals surface area (Å²) in [5.41, 5.74) is -1.50. The quantitative estimate of drug-likeness (QED) is 0.0222. The lowest BCUT2D eigenvalue weighted by Crippen LogP contribution is -2.37. The van der Waals surface area contributed by atoms with Crippen LogP contribution in [0.3, 0.4) is 0 Å². The summed E-state index contributed by atoms with van der Waals surface area (Å²) >= 11 is 0. The standard InChI is InChI=1S/C62H114N3O16P/c1-7-9-11-13-15-17-19-21-23-25-27-29-31-33-35-39-58(70)75-51-53(80-59(71)40-36-34-32-30-28-26-24-22-20-18-16-14-12-10-8-2)52-79-82(73,74)78-49-46-64-55(67)50-62(5,6)76-47-44-61(3,4)77-48-45-63-54(66)38-37-41-60(72)81-65-56(68)42-43-57(65)69/h53H,7-52H2,1-6H3,(H,63,66)(H,64,67)(H,73,74). The number of carbonyl (C=O) groups excluding carboxylic acids is 7. The van der Waals surface area contributed by atoms with Crippen molar-refractivity contribution in [2.75, 3.05) is 46.1 Å². The minimum atomic E-state index is -4.67. The lowest BCUT2D eigenvalue weighted by atomic mass is 10.0. The molecule has 1 rings (SSSR count). The summed E-state index contributed by atoms with van der Waals surface area (Å²) in [7, 11) is -4.67. The van der Waals surface area contributed by atoms with Crippen LogP contribution in [0.2, 0.25) is 0 Å². The fraction of sp³-hybridized carbons (Fsp3) is 0.887. The number of amides is 4. The van der Waals surface area contributed by atoms with E-state index in [0.717, 1.165) is 38.5 Å². The Balaban J connectivity index is 2.43. The van der Waals surface area contributed by atoms with Crippen LogP contribution >= 0.6 is 7.82 Å². The molecule has 0 aromatic carbocycles. The van der Waals surface area contributed by atoms with Crippen molar-refractivity contribution in [3.8, 4) is 0 Å². The molecule has 2 unspecified atom stereocenters. The van der Waals surface area contributed by atoms with Gasteiger partial charge in [0.1, 0.15) is 6.61 Å². The number of hydrogen-bond donors (Lipinski definition) is 3. The normalized spacial score (nSPS) is 14.0. The molecule has 1 heterocycles. The highest BCUT2D eigenvalue weighted by Gasteiger charge is 2.33. The van der Waals surface area contributed by atoms with Gasteiger partial charge in [0.2, 0.25) is 11.8 Å². The van der Waals surface area contributed by atoms with E-state index < -0.39 is 61.5 Å². The van der Waals surface area contributed by atoms with Crippen LogP contribution in [0, 0.1) is 0 Å². The van der Waals surface area contributed by atoms with Gasteiger partial charge < -0.3 is 39.3 Å². The number of hydrogen-bond acceptors (Lipinski definition) is 15. The van der Waals surface area contributed by atoms with Gasteiger partial charge in [-0.25, -0.2) is 9.36 Å². The third-order valence-corrected chi connectivity index (χ3v) is 15.5. The summed E-state index contributed by atoms with van der Waals surface area (Å²) in [5, 5.41) is 5.86. The van der Waals surface area contributed by atoms with E-state index in [2.05, 4.69) is 24.5 Å². The van der Waals surface area contributed by atoms with Crippen LogP contribution in [-0.4, -0.2) is 115 Å². The van der Waals surface area contributed by atoms with Crippen molar-refractivity contribution in [3.63, 3.8) is 0 Å². The van der Waals surface area contributed by atoms with E-state index in [1.54, 1.807) is 13.8 Å². The van der Waals surface area contributed by atoms with Gasteiger partial charge in [-0.1, -0.05) is 194 Å². The van der Waals surface area contributed by atoms with Gasteiger partial charge in [-0.15, -0.1) is 5.06 Å². The molecule has 0 aromatic heterocycles. The van der Waals surface area contributed by atoms with Gasteiger partial charge in [0.25, 0.3) is 11.8 Å². The highest BCUT2D eigenvalue weighted by Crippen LogP contribution is 2.43. The number of unbranched alkanes of at least 4 members (excludes halogenated alkanes) is 28. The topological polar surface area (TPSA) is 249 Å². The van der Waals surface area contributed by atoms with Gasteiger partial charge in [0.15, 0.2) is 6.10 Å². The van der Waals surface area contributed by atoms with Crippen LogP contribution in [0.1, 0.15) is 292 Å². The molecular formula is C62H114N3O16P. The highest BCUT2D eigenvalue weighted by molar-refractivity contribution is 7.47. The fourth-order valence-electron chi connectivity index (χ4n) is 9.42. The molecule has 20 heteroatoms. The Labute approximate surface area is 494 Å². The molecule has 0 saturated carbocycles. The third kappa shape index (κ3) is 45.9. The lowest BCUT2D eigenvalue weighted by molar-refractivity contribution is -0.197. The van der Waals surface area contributed by atoms with E-state index in [4.69, 9.17) is 32.8 Å². The molecule has 478 valence electrons. The Morgan fingerprint density at radius 1 is 0.500 bits per heavy atom. The second kappa shape index (κ2) is 48.7. The van der Waals surface area contributed by atoms with Crippen LogP contribution in [0.25, 0.3) is 0 Å². The van der Waals surface area contributed by atoms with Crippen LogP contribution in [-0.2, 0) is 71.0 Å². The SMILES string of the molecule is CCCCCCCCCCCCCCCCCC(=O)OCC(COP(=O)(O)OCCNC(=O)CC(C)(C)OCCC(C)(C)OCCNC(=O)CCCC(=O)ON1C(=O)CCC1=O)OC(=O)CCCCCCCCCCCCCCCCC. The minimum Gasteiger partial charge on any atom is -0.462 e. The van der Waals surface area contributed by atoms with Crippen molar-refractivity contribution in [2.45, 2.75) is 309 Å². The summed E-state index contributed by atoms with van der Waals surface area (Å²) in [6, 6.07) is 0. The molecule has 3 N–H and O–H groups in total. The molecule has 4 amide bonds. The molecule has 0 aliphatic carbocycles. The number of imide groups is 1. The predicted octanol–water partition coefficient (Wildman–Crippen LogP) is 13.5. The average Bonchev–Trinajstić information content (AvgIpc) is 3.77. The van der Waals surface area contributed by atoms with E-state index in [0.29, 0.717) is 24.3 Å². The highest BCUT2D eigenvalue weighted by atomic mass is 31.2. The van der Waals surface area contributed by atoms with Gasteiger partial charge >= 0.3 is 25.7 Å². The molecule has 1 aliphatic rings. The largest absolute Gasteiger partial charge is 0.472 e. The summed E-state index contributed by atoms with van der Waals surface area (Å²) in [5.74, 6) is -3.51. The van der Waals surface area contributed by atoms with E-state index in [1.165, 1.54) is 141 Å². The van der Waals surface area contributed by atoms with E-state index in [1.807, 2.05) is 13.8 Å². The predicted molar refractivity (Wildman–Crippen MR) is 318 cm³/mol. The number of ether oxygens (including phenoxy) is 4. The summed E-state index contributed by atoms with van der Waals surface area (Å²) < 4.78 is 46.3. The summed E-state index contributed by atoms with van der Waals surface area (Å²) in [4.78, 5) is 101. The molecule has 1 saturated heterocycles. The minimum absolute atomic E-state index is 0.00242. The number of esters is 2. The van der Waals surface area contributed by atoms with Crippen molar-refractivity contribution in [2.24, 2.45) is 0 Å². The van der Waals surface area contributed by atoms with E-state index >= 15 is 0 Å². The maximum atomic E-state index is 12.9. The van der Waals surface area contributed by atoms with Gasteiger partial charge in [-0.2, -0.15) is 0 Å². The molecular weight excluding hydrogens is 1070 g/mol. The zero-order valence-corrected chi connectivity index (χ0v) is 53.0. The monoisotopic (exact) mass is 1190 g/mol. The fourth-order valence-corrected chi connectivity index (χ4v) is 10.2. The molecule has 1 fully saturated rings. The Morgan fingerprint density at radius 3 is 1.40 bits per heavy atom. The smallest absolute Gasteiger partial charge is 0.462 e. The van der Waals surface area contributed by atoms with Crippen LogP contribution in [0.15, 0.2) is 0 Å². The van der Waals surface area contributed by atoms with Gasteiger partial charge in [-0.05, 0) is 53.4 Å². The van der Waals surface area contributed by atoms with Crippen LogP contribution < -0.4 is 10.6 Å². The second-order valence-electron chi connectivity index (χ2n) is 23.5. The molecule has 82 heavy (non-hydrogen) atoms. The van der Waals surface area contributed by atoms with E-state index in [9.17, 15) is 43.0 Å². The molecule has 2 atom stereocenters. The number of carbonyl (C=O) groups is 7. The van der Waals surface area contributed by atoms with Gasteiger partial charge in [-0.3, -0.25) is 37.8 Å². The molecule has 19 nitrogen and oxygen atoms in total. The molecule has 1 aliphatic heterocycles. The number of rotatable bonds is 57. The zero-order valence-electron chi connectivity index (χ0n) is 52.1. The number of hydroxylamine groups is 2. The average molecular weight is 1190 g/mol. The van der Waals surface area contributed by atoms with Gasteiger partial charge in [0.05, 0.1) is 44.1 Å². The number of nitrogens with one attached hydrogen (secondary N) is 2. The Kier molecular flexibility index (Phi) is 45.5. The first-order valence-corrected chi connectivity index (χ1v) is 33.6. The Hall–Kier alpha value is -3.48. The van der Waals surface area contributed by atoms with Crippen molar-refractivity contribution >= 4 is 49.4 Å². The molecule has 0 bridgehead atoms. The summed E-state index contributed by atoms with van der Waals surface area (Å²) in [6.45, 7) is 11.1. The molecule has 0 radical (unpaired) electrons. The first kappa shape index (κ1) is 76.5. The molecule has 0 spiro atoms. The second-order valence-corrected chi connectivity index (χ2v) is 25.0. The Morgan fingerprint density at radius 2 is 0.915 bits per heavy atom. The third-order valence-electron chi connectivity index (χ3n) is 14.5. The van der Waals surface area contributed by atoms with Crippen molar-refractivity contribution in [1.82, 2.24) is 15.7 Å². The van der Waals surface area contributed by atoms with Gasteiger partial charge in [0, 0.05) is 51.6 Å². The van der Waals surface area contributed by atoms with Crippen molar-refractivity contribution in [1.29, 1.82) is 0 Å². The zero-order chi connectivity index (χ0) is 60.6. The Bertz CT molecular complexity index is 1770. The van der Waals surface area contributed by atoms with E-state index in [-0.39, 0.29) is 103 Å². The van der Waals surface area contributed by atoms with Crippen LogP contribution in [0.5, 0.6) is 0 Å². The number of nitrogens with zero attached hydrogens (tertiary/aromatic N) is 1. The lowest BCUT2D eigenvalue weighted by Gasteiger charge is -2.29. The van der Waals surface area contributed by atoms with Crippen molar-refractivity contribution in [3.05, 3.63) is 0 Å². The number of phosphoric ester groups is 1. The van der Waals surface area contributed by atoms with Crippen LogP contribution in [0.4, 0.5) is 0 Å². The molecule has 0 aromatic rings. The summed E-state index contributed by atoms with van der Waals surface area (Å²) in [6.07, 6.45) is 36.0.